The van der Waals surface area contributed by atoms with Crippen LogP contribution in [0, 0.1) is 6.92 Å². The monoisotopic (exact) mass is 448 g/mol. The average molecular weight is 449 g/mol. The van der Waals surface area contributed by atoms with Crippen LogP contribution in [0.3, 0.4) is 0 Å². The molecule has 156 valence electrons. The summed E-state index contributed by atoms with van der Waals surface area (Å²) in [6.07, 6.45) is 0. The summed E-state index contributed by atoms with van der Waals surface area (Å²) in [5.41, 5.74) is 7.81. The number of aryl methyl sites for hydroxylation is 1. The first kappa shape index (κ1) is 21.2. The van der Waals surface area contributed by atoms with Gasteiger partial charge in [-0.05, 0) is 24.6 Å². The fraction of sp³-hybridized carbons (Fsp3) is 0.0833. The normalized spacial score (nSPS) is 10.8. The first-order valence-electron chi connectivity index (χ1n) is 9.71. The first-order valence-corrected chi connectivity index (χ1v) is 11.1. The van der Waals surface area contributed by atoms with Crippen LogP contribution in [-0.2, 0) is 4.79 Å². The van der Waals surface area contributed by atoms with Crippen molar-refractivity contribution in [3.8, 4) is 28.2 Å². The Morgan fingerprint density at radius 2 is 1.68 bits per heavy atom. The van der Waals surface area contributed by atoms with E-state index in [1.807, 2.05) is 73.7 Å². The second kappa shape index (κ2) is 9.39. The van der Waals surface area contributed by atoms with Gasteiger partial charge in [0.25, 0.3) is 0 Å². The number of aromatic nitrogens is 2. The van der Waals surface area contributed by atoms with Crippen molar-refractivity contribution in [2.24, 2.45) is 5.84 Å². The van der Waals surface area contributed by atoms with Crippen LogP contribution in [0.15, 0.2) is 84.0 Å². The van der Waals surface area contributed by atoms with Crippen molar-refractivity contribution in [2.75, 3.05) is 5.75 Å². The van der Waals surface area contributed by atoms with Crippen LogP contribution >= 0.6 is 23.4 Å². The van der Waals surface area contributed by atoms with Crippen LogP contribution in [0.5, 0.6) is 0 Å². The van der Waals surface area contributed by atoms with Gasteiger partial charge in [0.2, 0.25) is 5.91 Å². The summed E-state index contributed by atoms with van der Waals surface area (Å²) in [6.45, 7) is 1.97. The van der Waals surface area contributed by atoms with Gasteiger partial charge < -0.3 is 0 Å². The molecule has 0 aliphatic heterocycles. The highest BCUT2D eigenvalue weighted by molar-refractivity contribution is 7.99. The number of amides is 1. The fourth-order valence-corrected chi connectivity index (χ4v) is 4.29. The maximum absolute atomic E-state index is 11.8. The molecule has 0 aliphatic rings. The third-order valence-corrected chi connectivity index (χ3v) is 6.19. The van der Waals surface area contributed by atoms with Crippen molar-refractivity contribution < 1.29 is 4.79 Å². The van der Waals surface area contributed by atoms with Gasteiger partial charge in [0.15, 0.2) is 5.16 Å². The summed E-state index contributed by atoms with van der Waals surface area (Å²) in [4.78, 5) is 16.8. The predicted molar refractivity (Wildman–Crippen MR) is 127 cm³/mol. The summed E-state index contributed by atoms with van der Waals surface area (Å²) in [5, 5.41) is 1.35. The number of imidazole rings is 1. The number of hydrogen-bond donors (Lipinski definition) is 2. The van der Waals surface area contributed by atoms with Crippen molar-refractivity contribution >= 4 is 29.3 Å². The first-order chi connectivity index (χ1) is 15.1. The topological polar surface area (TPSA) is 72.9 Å². The van der Waals surface area contributed by atoms with E-state index in [0.29, 0.717) is 10.2 Å². The second-order valence-electron chi connectivity index (χ2n) is 6.95. The van der Waals surface area contributed by atoms with Crippen molar-refractivity contribution in [1.29, 1.82) is 0 Å². The lowest BCUT2D eigenvalue weighted by Gasteiger charge is -2.14. The van der Waals surface area contributed by atoms with Gasteiger partial charge in [0.1, 0.15) is 0 Å². The molecule has 0 spiro atoms. The highest BCUT2D eigenvalue weighted by atomic mass is 35.5. The number of carbonyl (C=O) groups excluding carboxylic acids is 1. The van der Waals surface area contributed by atoms with Crippen molar-refractivity contribution in [3.05, 3.63) is 89.4 Å². The lowest BCUT2D eigenvalue weighted by atomic mass is 10.0. The number of benzene rings is 3. The number of nitrogens with zero attached hydrogens (tertiary/aromatic N) is 2. The molecule has 0 bridgehead atoms. The molecule has 0 fully saturated rings. The largest absolute Gasteiger partial charge is 0.294 e. The minimum absolute atomic E-state index is 0.148. The molecule has 0 atom stereocenters. The molecule has 0 radical (unpaired) electrons. The van der Waals surface area contributed by atoms with Gasteiger partial charge in [-0.3, -0.25) is 14.8 Å². The molecule has 1 amide bonds. The Kier molecular flexibility index (Phi) is 6.42. The smallest absolute Gasteiger partial charge is 0.244 e. The molecule has 0 saturated carbocycles. The van der Waals surface area contributed by atoms with Crippen LogP contribution in [0.1, 0.15) is 5.56 Å². The van der Waals surface area contributed by atoms with Crippen LogP contribution in [0.2, 0.25) is 5.02 Å². The summed E-state index contributed by atoms with van der Waals surface area (Å²) in [5.74, 6) is 5.16. The molecule has 4 rings (SSSR count). The molecular weight excluding hydrogens is 428 g/mol. The van der Waals surface area contributed by atoms with Gasteiger partial charge in [-0.1, -0.05) is 90.1 Å². The Labute approximate surface area is 190 Å². The standard InChI is InChI=1S/C24H21ClN4OS/c1-16-12-13-19(14-20(16)25)29-23(18-10-6-3-7-11-18)22(17-8-4-2-5-9-17)27-24(29)31-15-21(30)28-26/h2-14H,15,26H2,1H3,(H,28,30). The molecular formula is C24H21ClN4OS. The zero-order valence-corrected chi connectivity index (χ0v) is 18.5. The van der Waals surface area contributed by atoms with Gasteiger partial charge in [-0.2, -0.15) is 0 Å². The SMILES string of the molecule is Cc1ccc(-n2c(SCC(=O)NN)nc(-c3ccccc3)c2-c2ccccc2)cc1Cl. The summed E-state index contributed by atoms with van der Waals surface area (Å²) >= 11 is 7.79. The molecule has 3 N–H and O–H groups in total. The zero-order valence-electron chi connectivity index (χ0n) is 16.9. The van der Waals surface area contributed by atoms with E-state index >= 15 is 0 Å². The third kappa shape index (κ3) is 4.51. The van der Waals surface area contributed by atoms with Gasteiger partial charge >= 0.3 is 0 Å². The highest BCUT2D eigenvalue weighted by Crippen LogP contribution is 2.38. The number of nitrogens with one attached hydrogen (secondary N) is 1. The third-order valence-electron chi connectivity index (χ3n) is 4.85. The molecule has 3 aromatic carbocycles. The van der Waals surface area contributed by atoms with Crippen LogP contribution in [-0.4, -0.2) is 21.2 Å². The minimum atomic E-state index is -0.274. The van der Waals surface area contributed by atoms with Crippen LogP contribution in [0.4, 0.5) is 0 Å². The Hall–Kier alpha value is -3.06. The molecule has 7 heteroatoms. The molecule has 31 heavy (non-hydrogen) atoms. The quantitative estimate of drug-likeness (QED) is 0.183. The van der Waals surface area contributed by atoms with Crippen molar-refractivity contribution in [2.45, 2.75) is 12.1 Å². The molecule has 0 unspecified atom stereocenters. The van der Waals surface area contributed by atoms with E-state index in [9.17, 15) is 4.79 Å². The lowest BCUT2D eigenvalue weighted by molar-refractivity contribution is -0.118. The summed E-state index contributed by atoms with van der Waals surface area (Å²) in [6, 6.07) is 26.0. The van der Waals surface area contributed by atoms with E-state index in [2.05, 4.69) is 22.1 Å². The van der Waals surface area contributed by atoms with Crippen molar-refractivity contribution in [1.82, 2.24) is 15.0 Å². The molecule has 1 heterocycles. The van der Waals surface area contributed by atoms with E-state index in [0.717, 1.165) is 33.8 Å². The Balaban J connectivity index is 1.99. The Morgan fingerprint density at radius 3 is 2.29 bits per heavy atom. The molecule has 4 aromatic rings. The summed E-state index contributed by atoms with van der Waals surface area (Å²) < 4.78 is 2.05. The fourth-order valence-electron chi connectivity index (χ4n) is 3.29. The molecule has 5 nitrogen and oxygen atoms in total. The van der Waals surface area contributed by atoms with Crippen LogP contribution in [0.25, 0.3) is 28.2 Å². The van der Waals surface area contributed by atoms with E-state index in [4.69, 9.17) is 22.4 Å². The lowest BCUT2D eigenvalue weighted by Crippen LogP contribution is -2.31. The van der Waals surface area contributed by atoms with Crippen LogP contribution < -0.4 is 11.3 Å². The number of nitrogens with two attached hydrogens (primary N) is 1. The molecule has 0 saturated heterocycles. The van der Waals surface area contributed by atoms with E-state index in [1.165, 1.54) is 11.8 Å². The van der Waals surface area contributed by atoms with Gasteiger partial charge in [0.05, 0.1) is 17.1 Å². The molecule has 0 aliphatic carbocycles. The van der Waals surface area contributed by atoms with Gasteiger partial charge in [-0.25, -0.2) is 10.8 Å². The Morgan fingerprint density at radius 1 is 1.03 bits per heavy atom. The number of hydrazine groups is 1. The zero-order chi connectivity index (χ0) is 21.8. The maximum atomic E-state index is 11.8. The van der Waals surface area contributed by atoms with E-state index in [1.54, 1.807) is 0 Å². The number of thioether (sulfide) groups is 1. The number of carbonyl (C=O) groups is 1. The second-order valence-corrected chi connectivity index (χ2v) is 8.30. The van der Waals surface area contributed by atoms with Gasteiger partial charge in [0, 0.05) is 21.8 Å². The highest BCUT2D eigenvalue weighted by Gasteiger charge is 2.22. The maximum Gasteiger partial charge on any atom is 0.244 e. The number of rotatable bonds is 6. The number of halogens is 1. The van der Waals surface area contributed by atoms with E-state index in [-0.39, 0.29) is 11.7 Å². The van der Waals surface area contributed by atoms with Crippen molar-refractivity contribution in [3.63, 3.8) is 0 Å². The van der Waals surface area contributed by atoms with Gasteiger partial charge in [-0.15, -0.1) is 0 Å². The van der Waals surface area contributed by atoms with E-state index < -0.39 is 0 Å². The summed E-state index contributed by atoms with van der Waals surface area (Å²) in [7, 11) is 0. The predicted octanol–water partition coefficient (Wildman–Crippen LogP) is 5.25. The molecule has 1 aromatic heterocycles. The Bertz CT molecular complexity index is 1210. The number of hydrogen-bond acceptors (Lipinski definition) is 4. The minimum Gasteiger partial charge on any atom is -0.294 e. The average Bonchev–Trinajstić information content (AvgIpc) is 3.20.